The molecule has 0 spiro atoms. The van der Waals surface area contributed by atoms with Crippen LogP contribution in [0.15, 0.2) is 0 Å². The summed E-state index contributed by atoms with van der Waals surface area (Å²) in [5.74, 6) is 1.22. The highest BCUT2D eigenvalue weighted by molar-refractivity contribution is 5.88. The van der Waals surface area contributed by atoms with Crippen LogP contribution in [-0.2, 0) is 9.59 Å². The van der Waals surface area contributed by atoms with Crippen molar-refractivity contribution < 1.29 is 9.59 Å². The predicted octanol–water partition coefficient (Wildman–Crippen LogP) is 3.00. The van der Waals surface area contributed by atoms with E-state index in [1.165, 1.54) is 0 Å². The van der Waals surface area contributed by atoms with E-state index in [2.05, 4.69) is 6.92 Å². The summed E-state index contributed by atoms with van der Waals surface area (Å²) in [7, 11) is 0. The van der Waals surface area contributed by atoms with E-state index in [0.29, 0.717) is 18.1 Å². The molecule has 0 amide bonds. The molecule has 0 aromatic heterocycles. The van der Waals surface area contributed by atoms with Crippen molar-refractivity contribution in [2.45, 2.75) is 53.4 Å². The van der Waals surface area contributed by atoms with Gasteiger partial charge >= 0.3 is 0 Å². The van der Waals surface area contributed by atoms with Crippen molar-refractivity contribution in [3.8, 4) is 0 Å². The van der Waals surface area contributed by atoms with Gasteiger partial charge in [0, 0.05) is 17.8 Å². The molecule has 2 heteroatoms. The van der Waals surface area contributed by atoms with Crippen LogP contribution < -0.4 is 0 Å². The molecule has 0 aliphatic heterocycles. The average Bonchev–Trinajstić information content (AvgIpc) is 2.19. The lowest BCUT2D eigenvalue weighted by atomic mass is 9.64. The summed E-state index contributed by atoms with van der Waals surface area (Å²) in [6.07, 6.45) is 3.34. The van der Waals surface area contributed by atoms with Gasteiger partial charge in [0.2, 0.25) is 0 Å². The fourth-order valence-electron chi connectivity index (χ4n) is 2.43. The van der Waals surface area contributed by atoms with Crippen molar-refractivity contribution in [3.05, 3.63) is 0 Å². The number of hydrogen-bond acceptors (Lipinski definition) is 2. The normalized spacial score (nSPS) is 36.7. The third-order valence-electron chi connectivity index (χ3n) is 4.04. The standard InChI is InChI=1S/C13H22O2/c1-9-5-7-13(4,8-6-10(2)14)12(15)11(9)3/h9,11H,5-8H2,1-4H3. The number of ketones is 2. The maximum absolute atomic E-state index is 12.2. The maximum Gasteiger partial charge on any atom is 0.141 e. The summed E-state index contributed by atoms with van der Waals surface area (Å²) in [5.41, 5.74) is -0.238. The first-order chi connectivity index (χ1) is 6.87. The Balaban J connectivity index is 2.67. The number of rotatable bonds is 3. The molecule has 1 saturated carbocycles. The van der Waals surface area contributed by atoms with Gasteiger partial charge in [-0.25, -0.2) is 0 Å². The summed E-state index contributed by atoms with van der Waals surface area (Å²) in [6.45, 7) is 7.80. The van der Waals surface area contributed by atoms with Gasteiger partial charge in [0.15, 0.2) is 0 Å². The molecular weight excluding hydrogens is 188 g/mol. The third kappa shape index (κ3) is 2.67. The summed E-state index contributed by atoms with van der Waals surface area (Å²) < 4.78 is 0. The lowest BCUT2D eigenvalue weighted by Gasteiger charge is -2.38. The Hall–Kier alpha value is -0.660. The topological polar surface area (TPSA) is 34.1 Å². The van der Waals surface area contributed by atoms with E-state index in [1.807, 2.05) is 13.8 Å². The Morgan fingerprint density at radius 2 is 2.07 bits per heavy atom. The van der Waals surface area contributed by atoms with Crippen molar-refractivity contribution in [2.24, 2.45) is 17.3 Å². The molecule has 86 valence electrons. The number of Topliss-reactive ketones (excluding diaryl/α,β-unsaturated/α-hetero) is 2. The van der Waals surface area contributed by atoms with Crippen molar-refractivity contribution in [3.63, 3.8) is 0 Å². The highest BCUT2D eigenvalue weighted by atomic mass is 16.1. The van der Waals surface area contributed by atoms with Gasteiger partial charge in [-0.15, -0.1) is 0 Å². The molecule has 0 heterocycles. The second kappa shape index (κ2) is 4.46. The van der Waals surface area contributed by atoms with Gasteiger partial charge in [0.1, 0.15) is 11.6 Å². The number of carbonyl (C=O) groups is 2. The average molecular weight is 210 g/mol. The first-order valence-corrected chi connectivity index (χ1v) is 5.90. The van der Waals surface area contributed by atoms with E-state index in [4.69, 9.17) is 0 Å². The van der Waals surface area contributed by atoms with Crippen molar-refractivity contribution in [2.75, 3.05) is 0 Å². The molecule has 2 nitrogen and oxygen atoms in total. The second-order valence-electron chi connectivity index (χ2n) is 5.43. The second-order valence-corrected chi connectivity index (χ2v) is 5.43. The van der Waals surface area contributed by atoms with E-state index in [-0.39, 0.29) is 17.1 Å². The van der Waals surface area contributed by atoms with Crippen LogP contribution >= 0.6 is 0 Å². The first-order valence-electron chi connectivity index (χ1n) is 5.90. The molecule has 0 aromatic rings. The lowest BCUT2D eigenvalue weighted by Crippen LogP contribution is -2.40. The Kier molecular flexibility index (Phi) is 3.69. The Bertz CT molecular complexity index is 270. The molecule has 0 N–H and O–H groups in total. The Morgan fingerprint density at radius 3 is 2.60 bits per heavy atom. The van der Waals surface area contributed by atoms with Gasteiger partial charge in [-0.2, -0.15) is 0 Å². The molecule has 1 aliphatic carbocycles. The van der Waals surface area contributed by atoms with E-state index < -0.39 is 0 Å². The van der Waals surface area contributed by atoms with E-state index in [1.54, 1.807) is 6.92 Å². The SMILES string of the molecule is CC(=O)CCC1(C)CCC(C)C(C)C1=O. The fraction of sp³-hybridized carbons (Fsp3) is 0.846. The fourth-order valence-corrected chi connectivity index (χ4v) is 2.43. The van der Waals surface area contributed by atoms with Crippen LogP contribution in [0.4, 0.5) is 0 Å². The molecule has 3 unspecified atom stereocenters. The summed E-state index contributed by atoms with van der Waals surface area (Å²) in [5, 5.41) is 0. The maximum atomic E-state index is 12.2. The van der Waals surface area contributed by atoms with Gasteiger partial charge in [-0.05, 0) is 32.1 Å². The number of hydrogen-bond donors (Lipinski definition) is 0. The molecule has 1 aliphatic rings. The molecule has 0 saturated heterocycles. The molecule has 3 atom stereocenters. The lowest BCUT2D eigenvalue weighted by molar-refractivity contribution is -0.137. The molecule has 0 aromatic carbocycles. The van der Waals surface area contributed by atoms with Gasteiger partial charge in [-0.3, -0.25) is 4.79 Å². The van der Waals surface area contributed by atoms with Gasteiger partial charge < -0.3 is 4.79 Å². The third-order valence-corrected chi connectivity index (χ3v) is 4.04. The first kappa shape index (κ1) is 12.4. The zero-order valence-electron chi connectivity index (χ0n) is 10.3. The monoisotopic (exact) mass is 210 g/mol. The van der Waals surface area contributed by atoms with Crippen LogP contribution in [0.5, 0.6) is 0 Å². The van der Waals surface area contributed by atoms with Crippen molar-refractivity contribution >= 4 is 11.6 Å². The van der Waals surface area contributed by atoms with Crippen molar-refractivity contribution in [1.82, 2.24) is 0 Å². The van der Waals surface area contributed by atoms with Gasteiger partial charge in [-0.1, -0.05) is 20.8 Å². The minimum Gasteiger partial charge on any atom is -0.300 e. The van der Waals surface area contributed by atoms with Crippen LogP contribution in [0, 0.1) is 17.3 Å². The largest absolute Gasteiger partial charge is 0.300 e. The Morgan fingerprint density at radius 1 is 1.47 bits per heavy atom. The molecule has 1 rings (SSSR count). The molecule has 0 bridgehead atoms. The Labute approximate surface area is 92.4 Å². The van der Waals surface area contributed by atoms with E-state index >= 15 is 0 Å². The van der Waals surface area contributed by atoms with Gasteiger partial charge in [0.25, 0.3) is 0 Å². The summed E-state index contributed by atoms with van der Waals surface area (Å²) >= 11 is 0. The molecule has 15 heavy (non-hydrogen) atoms. The predicted molar refractivity (Wildman–Crippen MR) is 60.6 cm³/mol. The smallest absolute Gasteiger partial charge is 0.141 e. The molecule has 1 fully saturated rings. The highest BCUT2D eigenvalue weighted by Crippen LogP contribution is 2.41. The zero-order valence-corrected chi connectivity index (χ0v) is 10.3. The minimum absolute atomic E-state index is 0.163. The highest BCUT2D eigenvalue weighted by Gasteiger charge is 2.41. The van der Waals surface area contributed by atoms with E-state index in [0.717, 1.165) is 19.3 Å². The minimum atomic E-state index is -0.238. The van der Waals surface area contributed by atoms with E-state index in [9.17, 15) is 9.59 Å². The quantitative estimate of drug-likeness (QED) is 0.717. The van der Waals surface area contributed by atoms with Gasteiger partial charge in [0.05, 0.1) is 0 Å². The van der Waals surface area contributed by atoms with Crippen LogP contribution in [0.3, 0.4) is 0 Å². The van der Waals surface area contributed by atoms with Crippen molar-refractivity contribution in [1.29, 1.82) is 0 Å². The number of carbonyl (C=O) groups excluding carboxylic acids is 2. The van der Waals surface area contributed by atoms with Crippen LogP contribution in [0.1, 0.15) is 53.4 Å². The van der Waals surface area contributed by atoms with Crippen LogP contribution in [0.25, 0.3) is 0 Å². The summed E-state index contributed by atoms with van der Waals surface area (Å²) in [6, 6.07) is 0. The summed E-state index contributed by atoms with van der Waals surface area (Å²) in [4.78, 5) is 23.1. The van der Waals surface area contributed by atoms with Crippen LogP contribution in [0.2, 0.25) is 0 Å². The molecular formula is C13H22O2. The molecule has 0 radical (unpaired) electrons. The zero-order chi connectivity index (χ0) is 11.6. The van der Waals surface area contributed by atoms with Crippen LogP contribution in [-0.4, -0.2) is 11.6 Å².